The van der Waals surface area contributed by atoms with Crippen LogP contribution in [0.1, 0.15) is 35.4 Å². The normalized spacial score (nSPS) is 15.7. The van der Waals surface area contributed by atoms with Crippen LogP contribution >= 0.6 is 11.3 Å². The van der Waals surface area contributed by atoms with Gasteiger partial charge in [0.25, 0.3) is 15.9 Å². The first-order chi connectivity index (χ1) is 10.4. The summed E-state index contributed by atoms with van der Waals surface area (Å²) >= 11 is 0.934. The van der Waals surface area contributed by atoms with Crippen molar-refractivity contribution in [2.45, 2.75) is 36.7 Å². The standard InChI is InChI=1S/C13H17NO6S2/c1-19-13(16)12-10(6-7-21-12)22(17,18)14-11(15)8-20-9-4-2-3-5-9/h6-7,9H,2-5,8H2,1H3,(H,14,15). The predicted octanol–water partition coefficient (Wildman–Crippen LogP) is 1.30. The molecule has 7 nitrogen and oxygen atoms in total. The first kappa shape index (κ1) is 16.9. The third kappa shape index (κ3) is 4.05. The molecule has 122 valence electrons. The Kier molecular flexibility index (Phi) is 5.54. The summed E-state index contributed by atoms with van der Waals surface area (Å²) in [4.78, 5) is 22.9. The van der Waals surface area contributed by atoms with Gasteiger partial charge in [0.05, 0.1) is 13.2 Å². The second kappa shape index (κ2) is 7.21. The van der Waals surface area contributed by atoms with Crippen molar-refractivity contribution in [3.05, 3.63) is 16.3 Å². The lowest BCUT2D eigenvalue weighted by molar-refractivity contribution is -0.125. The van der Waals surface area contributed by atoms with Gasteiger partial charge >= 0.3 is 5.97 Å². The molecule has 0 saturated heterocycles. The first-order valence-electron chi connectivity index (χ1n) is 6.77. The van der Waals surface area contributed by atoms with E-state index >= 15 is 0 Å². The summed E-state index contributed by atoms with van der Waals surface area (Å²) in [5, 5.41) is 1.44. The SMILES string of the molecule is COC(=O)c1sccc1S(=O)(=O)NC(=O)COC1CCCC1. The number of carbonyl (C=O) groups excluding carboxylic acids is 2. The third-order valence-electron chi connectivity index (χ3n) is 3.29. The Balaban J connectivity index is 1.99. The molecule has 0 aromatic carbocycles. The molecular formula is C13H17NO6S2. The number of thiophene rings is 1. The summed E-state index contributed by atoms with van der Waals surface area (Å²) in [7, 11) is -2.96. The van der Waals surface area contributed by atoms with Crippen molar-refractivity contribution in [3.63, 3.8) is 0 Å². The van der Waals surface area contributed by atoms with Crippen LogP contribution in [0.2, 0.25) is 0 Å². The van der Waals surface area contributed by atoms with Gasteiger partial charge in [-0.3, -0.25) is 4.79 Å². The highest BCUT2D eigenvalue weighted by Gasteiger charge is 2.27. The molecule has 1 amide bonds. The van der Waals surface area contributed by atoms with Crippen molar-refractivity contribution in [1.29, 1.82) is 0 Å². The van der Waals surface area contributed by atoms with E-state index in [2.05, 4.69) is 4.74 Å². The number of carbonyl (C=O) groups is 2. The zero-order valence-electron chi connectivity index (χ0n) is 12.0. The van der Waals surface area contributed by atoms with Crippen molar-refractivity contribution in [2.75, 3.05) is 13.7 Å². The fourth-order valence-electron chi connectivity index (χ4n) is 2.23. The maximum Gasteiger partial charge on any atom is 0.349 e. The Morgan fingerprint density at radius 1 is 1.36 bits per heavy atom. The molecule has 1 N–H and O–H groups in total. The number of methoxy groups -OCH3 is 1. The quantitative estimate of drug-likeness (QED) is 0.779. The fourth-order valence-corrected chi connectivity index (χ4v) is 4.54. The Hall–Kier alpha value is -1.45. The van der Waals surface area contributed by atoms with Gasteiger partial charge in [-0.1, -0.05) is 12.8 Å². The molecule has 1 aromatic heterocycles. The second-order valence-corrected chi connectivity index (χ2v) is 7.42. The lowest BCUT2D eigenvalue weighted by Gasteiger charge is -2.11. The topological polar surface area (TPSA) is 98.8 Å². The molecule has 0 aliphatic heterocycles. The molecule has 1 saturated carbocycles. The van der Waals surface area contributed by atoms with Crippen molar-refractivity contribution in [3.8, 4) is 0 Å². The molecule has 22 heavy (non-hydrogen) atoms. The van der Waals surface area contributed by atoms with Crippen LogP contribution in [-0.2, 0) is 24.3 Å². The van der Waals surface area contributed by atoms with Gasteiger partial charge in [0.1, 0.15) is 16.4 Å². The molecule has 9 heteroatoms. The molecule has 0 atom stereocenters. The van der Waals surface area contributed by atoms with E-state index in [0.717, 1.165) is 44.1 Å². The van der Waals surface area contributed by atoms with Gasteiger partial charge in [-0.15, -0.1) is 11.3 Å². The van der Waals surface area contributed by atoms with Gasteiger partial charge < -0.3 is 9.47 Å². The highest BCUT2D eigenvalue weighted by Crippen LogP contribution is 2.23. The van der Waals surface area contributed by atoms with Crippen LogP contribution in [-0.4, -0.2) is 40.1 Å². The summed E-state index contributed by atoms with van der Waals surface area (Å²) in [6.45, 7) is -0.318. The van der Waals surface area contributed by atoms with Crippen LogP contribution in [0.5, 0.6) is 0 Å². The van der Waals surface area contributed by atoms with E-state index in [1.807, 2.05) is 4.72 Å². The zero-order valence-corrected chi connectivity index (χ0v) is 13.7. The Labute approximate surface area is 132 Å². The summed E-state index contributed by atoms with van der Waals surface area (Å²) in [6.07, 6.45) is 3.90. The number of rotatable bonds is 6. The summed E-state index contributed by atoms with van der Waals surface area (Å²) in [5.74, 6) is -1.51. The van der Waals surface area contributed by atoms with Gasteiger partial charge in [-0.05, 0) is 24.3 Å². The summed E-state index contributed by atoms with van der Waals surface area (Å²) < 4.78 is 36.1. The molecule has 1 heterocycles. The lowest BCUT2D eigenvalue weighted by atomic mass is 10.3. The molecule has 0 radical (unpaired) electrons. The van der Waals surface area contributed by atoms with Crippen molar-refractivity contribution >= 4 is 33.2 Å². The number of esters is 1. The van der Waals surface area contributed by atoms with Crippen LogP contribution in [0.15, 0.2) is 16.3 Å². The first-order valence-corrected chi connectivity index (χ1v) is 9.13. The Bertz CT molecular complexity index is 645. The van der Waals surface area contributed by atoms with Crippen molar-refractivity contribution < 1.29 is 27.5 Å². The highest BCUT2D eigenvalue weighted by atomic mass is 32.2. The number of nitrogens with one attached hydrogen (secondary N) is 1. The minimum atomic E-state index is -4.12. The van der Waals surface area contributed by atoms with Crippen LogP contribution in [0, 0.1) is 0 Å². The van der Waals surface area contributed by atoms with Crippen LogP contribution in [0.3, 0.4) is 0 Å². The van der Waals surface area contributed by atoms with E-state index in [4.69, 9.17) is 4.74 Å². The van der Waals surface area contributed by atoms with Gasteiger partial charge in [0.15, 0.2) is 0 Å². The van der Waals surface area contributed by atoms with E-state index in [-0.39, 0.29) is 22.5 Å². The van der Waals surface area contributed by atoms with E-state index in [1.165, 1.54) is 11.4 Å². The average molecular weight is 347 g/mol. The van der Waals surface area contributed by atoms with Crippen molar-refractivity contribution in [2.24, 2.45) is 0 Å². The zero-order chi connectivity index (χ0) is 16.2. The number of hydrogen-bond acceptors (Lipinski definition) is 7. The smallest absolute Gasteiger partial charge is 0.349 e. The molecule has 1 aromatic rings. The van der Waals surface area contributed by atoms with E-state index < -0.39 is 21.9 Å². The number of amides is 1. The molecule has 0 spiro atoms. The lowest BCUT2D eigenvalue weighted by Crippen LogP contribution is -2.35. The number of hydrogen-bond donors (Lipinski definition) is 1. The monoisotopic (exact) mass is 347 g/mol. The van der Waals surface area contributed by atoms with Crippen LogP contribution in [0.4, 0.5) is 0 Å². The van der Waals surface area contributed by atoms with Crippen molar-refractivity contribution in [1.82, 2.24) is 4.72 Å². The predicted molar refractivity (Wildman–Crippen MR) is 79.2 cm³/mol. The largest absolute Gasteiger partial charge is 0.465 e. The fraction of sp³-hybridized carbons (Fsp3) is 0.538. The van der Waals surface area contributed by atoms with E-state index in [1.54, 1.807) is 0 Å². The average Bonchev–Trinajstić information content (AvgIpc) is 3.14. The minimum Gasteiger partial charge on any atom is -0.465 e. The molecule has 1 fully saturated rings. The van der Waals surface area contributed by atoms with E-state index in [0.29, 0.717) is 0 Å². The Morgan fingerprint density at radius 3 is 2.68 bits per heavy atom. The molecule has 1 aliphatic carbocycles. The molecule has 1 aliphatic rings. The number of ether oxygens (including phenoxy) is 2. The highest BCUT2D eigenvalue weighted by molar-refractivity contribution is 7.90. The maximum atomic E-state index is 12.2. The minimum absolute atomic E-state index is 0.0141. The van der Waals surface area contributed by atoms with Crippen LogP contribution in [0.25, 0.3) is 0 Å². The van der Waals surface area contributed by atoms with Gasteiger partial charge in [0.2, 0.25) is 0 Å². The molecule has 0 bridgehead atoms. The molecule has 2 rings (SSSR count). The van der Waals surface area contributed by atoms with E-state index in [9.17, 15) is 18.0 Å². The van der Waals surface area contributed by atoms with Gasteiger partial charge in [-0.2, -0.15) is 0 Å². The molecule has 0 unspecified atom stereocenters. The maximum absolute atomic E-state index is 12.2. The Morgan fingerprint density at radius 2 is 2.05 bits per heavy atom. The van der Waals surface area contributed by atoms with Crippen LogP contribution < -0.4 is 4.72 Å². The molecular weight excluding hydrogens is 330 g/mol. The third-order valence-corrected chi connectivity index (χ3v) is 5.73. The van der Waals surface area contributed by atoms with Gasteiger partial charge in [-0.25, -0.2) is 17.9 Å². The summed E-state index contributed by atoms with van der Waals surface area (Å²) in [5.41, 5.74) is 0. The number of sulfonamides is 1. The summed E-state index contributed by atoms with van der Waals surface area (Å²) in [6, 6.07) is 1.25. The second-order valence-electron chi connectivity index (χ2n) is 4.85. The van der Waals surface area contributed by atoms with Gasteiger partial charge in [0, 0.05) is 0 Å².